The van der Waals surface area contributed by atoms with Crippen molar-refractivity contribution in [3.8, 4) is 11.3 Å². The summed E-state index contributed by atoms with van der Waals surface area (Å²) in [5.74, 6) is -0.450. The van der Waals surface area contributed by atoms with Crippen molar-refractivity contribution in [2.45, 2.75) is 24.3 Å². The maximum absolute atomic E-state index is 13.0. The molecular formula is C22H21FN2O5S. The summed E-state index contributed by atoms with van der Waals surface area (Å²) in [7, 11) is -3.56. The third kappa shape index (κ3) is 4.83. The molecule has 9 heteroatoms. The van der Waals surface area contributed by atoms with Gasteiger partial charge in [0.2, 0.25) is 15.9 Å². The van der Waals surface area contributed by atoms with E-state index in [1.807, 2.05) is 0 Å². The molecule has 1 aliphatic heterocycles. The Kier molecular flexibility index (Phi) is 6.15. The summed E-state index contributed by atoms with van der Waals surface area (Å²) < 4.78 is 50.7. The molecule has 3 aromatic rings. The van der Waals surface area contributed by atoms with Gasteiger partial charge < -0.3 is 9.15 Å². The van der Waals surface area contributed by atoms with E-state index in [4.69, 9.17) is 9.15 Å². The Morgan fingerprint density at radius 3 is 2.45 bits per heavy atom. The molecule has 4 rings (SSSR count). The molecule has 0 N–H and O–H groups in total. The van der Waals surface area contributed by atoms with Crippen molar-refractivity contribution in [1.82, 2.24) is 9.29 Å². The van der Waals surface area contributed by atoms with Crippen molar-refractivity contribution in [3.05, 3.63) is 72.5 Å². The Morgan fingerprint density at radius 1 is 1.10 bits per heavy atom. The second kappa shape index (κ2) is 8.99. The van der Waals surface area contributed by atoms with Crippen LogP contribution in [0.5, 0.6) is 0 Å². The van der Waals surface area contributed by atoms with E-state index in [2.05, 4.69) is 4.98 Å². The summed E-state index contributed by atoms with van der Waals surface area (Å²) in [6.07, 6.45) is 2.26. The number of nitrogens with zero attached hydrogens (tertiary/aromatic N) is 2. The van der Waals surface area contributed by atoms with Crippen molar-refractivity contribution in [2.24, 2.45) is 5.92 Å². The molecule has 0 bridgehead atoms. The zero-order chi connectivity index (χ0) is 21.8. The number of hydrogen-bond donors (Lipinski definition) is 0. The molecule has 0 spiro atoms. The number of oxazole rings is 1. The minimum absolute atomic E-state index is 0.122. The number of carbonyl (C=O) groups excluding carboxylic acids is 1. The van der Waals surface area contributed by atoms with E-state index in [0.29, 0.717) is 24.2 Å². The van der Waals surface area contributed by atoms with Crippen LogP contribution in [0.1, 0.15) is 18.7 Å². The maximum atomic E-state index is 13.0. The van der Waals surface area contributed by atoms with Crippen LogP contribution in [0, 0.1) is 11.7 Å². The zero-order valence-corrected chi connectivity index (χ0v) is 17.4. The number of esters is 1. The van der Waals surface area contributed by atoms with E-state index in [0.717, 1.165) is 0 Å². The van der Waals surface area contributed by atoms with E-state index in [9.17, 15) is 17.6 Å². The second-order valence-corrected chi connectivity index (χ2v) is 9.16. The van der Waals surface area contributed by atoms with Crippen LogP contribution in [0.3, 0.4) is 0 Å². The molecule has 162 valence electrons. The van der Waals surface area contributed by atoms with Gasteiger partial charge in [-0.1, -0.05) is 18.2 Å². The number of benzene rings is 2. The average molecular weight is 444 g/mol. The summed E-state index contributed by atoms with van der Waals surface area (Å²) in [6.45, 7) is 0.387. The van der Waals surface area contributed by atoms with E-state index in [-0.39, 0.29) is 42.2 Å². The molecule has 2 heterocycles. The number of hydrogen-bond acceptors (Lipinski definition) is 6. The van der Waals surface area contributed by atoms with Crippen molar-refractivity contribution >= 4 is 16.0 Å². The van der Waals surface area contributed by atoms with Crippen LogP contribution in [0.15, 0.2) is 70.1 Å². The van der Waals surface area contributed by atoms with Gasteiger partial charge >= 0.3 is 5.97 Å². The molecule has 0 radical (unpaired) electrons. The van der Waals surface area contributed by atoms with Gasteiger partial charge in [0.25, 0.3) is 0 Å². The van der Waals surface area contributed by atoms with Crippen LogP contribution < -0.4 is 0 Å². The van der Waals surface area contributed by atoms with Gasteiger partial charge in [-0.15, -0.1) is 0 Å². The number of halogens is 1. The third-order valence-corrected chi connectivity index (χ3v) is 7.10. The highest BCUT2D eigenvalue weighted by atomic mass is 32.2. The lowest BCUT2D eigenvalue weighted by Crippen LogP contribution is -2.40. The molecule has 0 atom stereocenters. The molecule has 0 amide bonds. The Morgan fingerprint density at radius 2 is 1.77 bits per heavy atom. The van der Waals surface area contributed by atoms with Gasteiger partial charge in [0.05, 0.1) is 17.0 Å². The van der Waals surface area contributed by atoms with E-state index < -0.39 is 16.0 Å². The standard InChI is InChI=1S/C22H21FN2O5S/c23-18-8-6-16(7-9-18)20-14-24-21(30-20)15-29-22(26)17-10-12-25(13-11-17)31(27,28)19-4-2-1-3-5-19/h1-9,14,17H,10-13,15H2. The summed E-state index contributed by atoms with van der Waals surface area (Å²) >= 11 is 0. The molecule has 31 heavy (non-hydrogen) atoms. The van der Waals surface area contributed by atoms with Gasteiger partial charge in [-0.05, 0) is 49.2 Å². The molecule has 1 aromatic heterocycles. The Labute approximate surface area is 179 Å². The second-order valence-electron chi connectivity index (χ2n) is 7.22. The van der Waals surface area contributed by atoms with Gasteiger partial charge in [-0.3, -0.25) is 4.79 Å². The van der Waals surface area contributed by atoms with Crippen LogP contribution in [0.25, 0.3) is 11.3 Å². The zero-order valence-electron chi connectivity index (χ0n) is 16.6. The Balaban J connectivity index is 1.29. The highest BCUT2D eigenvalue weighted by Crippen LogP contribution is 2.25. The molecule has 0 saturated carbocycles. The molecule has 2 aromatic carbocycles. The predicted octanol–water partition coefficient (Wildman–Crippen LogP) is 3.62. The highest BCUT2D eigenvalue weighted by Gasteiger charge is 2.32. The fourth-order valence-corrected chi connectivity index (χ4v) is 4.94. The van der Waals surface area contributed by atoms with Crippen molar-refractivity contribution in [3.63, 3.8) is 0 Å². The number of rotatable bonds is 6. The van der Waals surface area contributed by atoms with Crippen LogP contribution >= 0.6 is 0 Å². The monoisotopic (exact) mass is 444 g/mol. The van der Waals surface area contributed by atoms with E-state index in [1.165, 1.54) is 22.6 Å². The molecule has 0 aliphatic carbocycles. The summed E-state index contributed by atoms with van der Waals surface area (Å²) in [4.78, 5) is 16.7. The normalized spacial score (nSPS) is 15.6. The summed E-state index contributed by atoms with van der Waals surface area (Å²) in [5.41, 5.74) is 0.665. The lowest BCUT2D eigenvalue weighted by atomic mass is 9.98. The largest absolute Gasteiger partial charge is 0.455 e. The molecule has 0 unspecified atom stereocenters. The molecule has 1 fully saturated rings. The van der Waals surface area contributed by atoms with Gasteiger partial charge in [0.15, 0.2) is 12.4 Å². The lowest BCUT2D eigenvalue weighted by molar-refractivity contribution is -0.151. The summed E-state index contributed by atoms with van der Waals surface area (Å²) in [6, 6.07) is 14.0. The smallest absolute Gasteiger partial charge is 0.309 e. The first-order valence-corrected chi connectivity index (χ1v) is 11.3. The first-order valence-electron chi connectivity index (χ1n) is 9.86. The first-order chi connectivity index (χ1) is 14.9. The number of sulfonamides is 1. The molecule has 1 saturated heterocycles. The first kappa shape index (κ1) is 21.2. The molecular weight excluding hydrogens is 423 g/mol. The fourth-order valence-electron chi connectivity index (χ4n) is 3.45. The molecule has 7 nitrogen and oxygen atoms in total. The van der Waals surface area contributed by atoms with E-state index >= 15 is 0 Å². The van der Waals surface area contributed by atoms with Crippen molar-refractivity contribution in [2.75, 3.05) is 13.1 Å². The Hall–Kier alpha value is -3.04. The van der Waals surface area contributed by atoms with Gasteiger partial charge in [-0.2, -0.15) is 4.31 Å². The van der Waals surface area contributed by atoms with E-state index in [1.54, 1.807) is 42.5 Å². The van der Waals surface area contributed by atoms with Crippen LogP contribution in [-0.2, 0) is 26.2 Å². The highest BCUT2D eigenvalue weighted by molar-refractivity contribution is 7.89. The Bertz CT molecular complexity index is 1140. The minimum atomic E-state index is -3.56. The quantitative estimate of drug-likeness (QED) is 0.540. The summed E-state index contributed by atoms with van der Waals surface area (Å²) in [5, 5.41) is 0. The SMILES string of the molecule is O=C(OCc1ncc(-c2ccc(F)cc2)o1)C1CCN(S(=O)(=O)c2ccccc2)CC1. The van der Waals surface area contributed by atoms with Gasteiger partial charge in [0, 0.05) is 18.7 Å². The van der Waals surface area contributed by atoms with Gasteiger partial charge in [-0.25, -0.2) is 17.8 Å². The maximum Gasteiger partial charge on any atom is 0.309 e. The minimum Gasteiger partial charge on any atom is -0.455 e. The molecule has 1 aliphatic rings. The number of aromatic nitrogens is 1. The average Bonchev–Trinajstić information content (AvgIpc) is 3.28. The third-order valence-electron chi connectivity index (χ3n) is 5.19. The van der Waals surface area contributed by atoms with Crippen LogP contribution in [0.4, 0.5) is 4.39 Å². The van der Waals surface area contributed by atoms with Crippen molar-refractivity contribution < 1.29 is 26.8 Å². The van der Waals surface area contributed by atoms with Crippen LogP contribution in [0.2, 0.25) is 0 Å². The van der Waals surface area contributed by atoms with Crippen LogP contribution in [-0.4, -0.2) is 36.8 Å². The lowest BCUT2D eigenvalue weighted by Gasteiger charge is -2.30. The number of piperidine rings is 1. The van der Waals surface area contributed by atoms with Crippen molar-refractivity contribution in [1.29, 1.82) is 0 Å². The fraction of sp³-hybridized carbons (Fsp3) is 0.273. The van der Waals surface area contributed by atoms with Gasteiger partial charge in [0.1, 0.15) is 5.82 Å². The number of carbonyl (C=O) groups is 1. The predicted molar refractivity (Wildman–Crippen MR) is 110 cm³/mol. The topological polar surface area (TPSA) is 89.7 Å². The number of ether oxygens (including phenoxy) is 1.